The van der Waals surface area contributed by atoms with Gasteiger partial charge < -0.3 is 15.2 Å². The van der Waals surface area contributed by atoms with Gasteiger partial charge in [-0.2, -0.15) is 0 Å². The molecule has 3 heteroatoms. The zero-order valence-corrected chi connectivity index (χ0v) is 8.01. The highest BCUT2D eigenvalue weighted by Crippen LogP contribution is 2.30. The van der Waals surface area contributed by atoms with E-state index in [1.165, 1.54) is 0 Å². The summed E-state index contributed by atoms with van der Waals surface area (Å²) in [6.45, 7) is 3.58. The molecule has 1 rings (SSSR count). The molecule has 0 aromatic rings. The van der Waals surface area contributed by atoms with Crippen LogP contribution in [0, 0.1) is 0 Å². The van der Waals surface area contributed by atoms with Crippen LogP contribution in [0.15, 0.2) is 0 Å². The number of rotatable bonds is 3. The molecule has 0 radical (unpaired) electrons. The van der Waals surface area contributed by atoms with Crippen LogP contribution in [0.2, 0.25) is 0 Å². The van der Waals surface area contributed by atoms with Gasteiger partial charge in [0.25, 0.3) is 0 Å². The normalized spacial score (nSPS) is 36.8. The lowest BCUT2D eigenvalue weighted by Gasteiger charge is -2.38. The van der Waals surface area contributed by atoms with Crippen molar-refractivity contribution in [3.05, 3.63) is 0 Å². The first-order valence-corrected chi connectivity index (χ1v) is 4.59. The zero-order chi connectivity index (χ0) is 9.03. The zero-order valence-electron chi connectivity index (χ0n) is 8.01. The SMILES string of the molecule is COC1(CCN)CCOC(C)C1. The van der Waals surface area contributed by atoms with Crippen LogP contribution in [0.1, 0.15) is 26.2 Å². The predicted molar refractivity (Wildman–Crippen MR) is 48.1 cm³/mol. The van der Waals surface area contributed by atoms with Crippen molar-refractivity contribution in [2.75, 3.05) is 20.3 Å². The second kappa shape index (κ2) is 4.21. The predicted octanol–water partition coefficient (Wildman–Crippen LogP) is 0.919. The Morgan fingerprint density at radius 3 is 2.92 bits per heavy atom. The Morgan fingerprint density at radius 2 is 2.42 bits per heavy atom. The van der Waals surface area contributed by atoms with Gasteiger partial charge in [-0.15, -0.1) is 0 Å². The monoisotopic (exact) mass is 173 g/mol. The van der Waals surface area contributed by atoms with E-state index in [9.17, 15) is 0 Å². The minimum Gasteiger partial charge on any atom is -0.378 e. The molecule has 0 aliphatic carbocycles. The highest BCUT2D eigenvalue weighted by atomic mass is 16.5. The van der Waals surface area contributed by atoms with Crippen LogP contribution in [0.3, 0.4) is 0 Å². The fourth-order valence-corrected chi connectivity index (χ4v) is 1.91. The van der Waals surface area contributed by atoms with E-state index in [1.54, 1.807) is 7.11 Å². The highest BCUT2D eigenvalue weighted by molar-refractivity contribution is 4.86. The topological polar surface area (TPSA) is 44.5 Å². The maximum absolute atomic E-state index is 5.54. The number of nitrogens with two attached hydrogens (primary N) is 1. The van der Waals surface area contributed by atoms with Crippen molar-refractivity contribution in [1.29, 1.82) is 0 Å². The van der Waals surface area contributed by atoms with E-state index < -0.39 is 0 Å². The fourth-order valence-electron chi connectivity index (χ4n) is 1.91. The molecule has 1 fully saturated rings. The molecule has 3 nitrogen and oxygen atoms in total. The molecule has 2 unspecified atom stereocenters. The minimum atomic E-state index is -0.00752. The van der Waals surface area contributed by atoms with Crippen LogP contribution in [-0.2, 0) is 9.47 Å². The quantitative estimate of drug-likeness (QED) is 0.690. The summed E-state index contributed by atoms with van der Waals surface area (Å²) in [5.74, 6) is 0. The number of methoxy groups -OCH3 is 1. The first-order valence-electron chi connectivity index (χ1n) is 4.59. The summed E-state index contributed by atoms with van der Waals surface area (Å²) in [6, 6.07) is 0. The second-order valence-electron chi connectivity index (χ2n) is 3.56. The molecule has 2 atom stereocenters. The Kier molecular flexibility index (Phi) is 3.50. The molecule has 0 spiro atoms. The third-order valence-corrected chi connectivity index (χ3v) is 2.65. The standard InChI is InChI=1S/C9H19NO2/c1-8-7-9(11-2,3-5-10)4-6-12-8/h8H,3-7,10H2,1-2H3. The van der Waals surface area contributed by atoms with Gasteiger partial charge in [0.1, 0.15) is 0 Å². The van der Waals surface area contributed by atoms with Crippen molar-refractivity contribution in [1.82, 2.24) is 0 Å². The summed E-state index contributed by atoms with van der Waals surface area (Å²) < 4.78 is 11.0. The van der Waals surface area contributed by atoms with Crippen molar-refractivity contribution in [2.24, 2.45) is 5.73 Å². The minimum absolute atomic E-state index is 0.00752. The van der Waals surface area contributed by atoms with E-state index in [1.807, 2.05) is 0 Å². The number of hydrogen-bond donors (Lipinski definition) is 1. The van der Waals surface area contributed by atoms with E-state index in [0.717, 1.165) is 25.9 Å². The molecule has 1 aliphatic rings. The lowest BCUT2D eigenvalue weighted by atomic mass is 9.87. The van der Waals surface area contributed by atoms with Gasteiger partial charge in [0.15, 0.2) is 0 Å². The third-order valence-electron chi connectivity index (χ3n) is 2.65. The molecule has 1 aliphatic heterocycles. The van der Waals surface area contributed by atoms with Crippen LogP contribution < -0.4 is 5.73 Å². The van der Waals surface area contributed by atoms with Gasteiger partial charge in [-0.05, 0) is 26.3 Å². The Bertz CT molecular complexity index is 136. The van der Waals surface area contributed by atoms with Crippen LogP contribution in [0.4, 0.5) is 0 Å². The number of ether oxygens (including phenoxy) is 2. The van der Waals surface area contributed by atoms with Crippen molar-refractivity contribution in [2.45, 2.75) is 37.9 Å². The van der Waals surface area contributed by atoms with E-state index in [2.05, 4.69) is 6.92 Å². The van der Waals surface area contributed by atoms with E-state index in [-0.39, 0.29) is 5.60 Å². The molecule has 2 N–H and O–H groups in total. The summed E-state index contributed by atoms with van der Waals surface area (Å²) in [5.41, 5.74) is 5.54. The molecule has 0 amide bonds. The van der Waals surface area contributed by atoms with Gasteiger partial charge >= 0.3 is 0 Å². The van der Waals surface area contributed by atoms with Gasteiger partial charge in [0.05, 0.1) is 11.7 Å². The summed E-state index contributed by atoms with van der Waals surface area (Å²) in [5, 5.41) is 0. The van der Waals surface area contributed by atoms with Crippen molar-refractivity contribution >= 4 is 0 Å². The summed E-state index contributed by atoms with van der Waals surface area (Å²) in [6.07, 6.45) is 3.20. The van der Waals surface area contributed by atoms with E-state index in [4.69, 9.17) is 15.2 Å². The summed E-state index contributed by atoms with van der Waals surface area (Å²) in [7, 11) is 1.77. The third kappa shape index (κ3) is 2.19. The molecule has 12 heavy (non-hydrogen) atoms. The molecule has 0 bridgehead atoms. The Morgan fingerprint density at radius 1 is 1.67 bits per heavy atom. The van der Waals surface area contributed by atoms with E-state index >= 15 is 0 Å². The largest absolute Gasteiger partial charge is 0.378 e. The molecular formula is C9H19NO2. The highest BCUT2D eigenvalue weighted by Gasteiger charge is 2.34. The van der Waals surface area contributed by atoms with Gasteiger partial charge in [-0.25, -0.2) is 0 Å². The van der Waals surface area contributed by atoms with Crippen molar-refractivity contribution in [3.63, 3.8) is 0 Å². The molecule has 72 valence electrons. The summed E-state index contributed by atoms with van der Waals surface area (Å²) >= 11 is 0. The van der Waals surface area contributed by atoms with Crippen LogP contribution >= 0.6 is 0 Å². The Balaban J connectivity index is 2.51. The Labute approximate surface area is 74.2 Å². The van der Waals surface area contributed by atoms with Gasteiger partial charge in [0.2, 0.25) is 0 Å². The molecule has 1 saturated heterocycles. The molecule has 0 aromatic carbocycles. The fraction of sp³-hybridized carbons (Fsp3) is 1.00. The van der Waals surface area contributed by atoms with Crippen molar-refractivity contribution < 1.29 is 9.47 Å². The smallest absolute Gasteiger partial charge is 0.0737 e. The second-order valence-corrected chi connectivity index (χ2v) is 3.56. The van der Waals surface area contributed by atoms with Crippen LogP contribution in [0.5, 0.6) is 0 Å². The number of hydrogen-bond acceptors (Lipinski definition) is 3. The average molecular weight is 173 g/mol. The average Bonchev–Trinajstić information content (AvgIpc) is 2.05. The van der Waals surface area contributed by atoms with Crippen LogP contribution in [0.25, 0.3) is 0 Å². The molecule has 0 saturated carbocycles. The molecular weight excluding hydrogens is 154 g/mol. The maximum Gasteiger partial charge on any atom is 0.0737 e. The summed E-state index contributed by atoms with van der Waals surface area (Å²) in [4.78, 5) is 0. The first kappa shape index (κ1) is 9.96. The molecule has 0 aromatic heterocycles. The lowest BCUT2D eigenvalue weighted by Crippen LogP contribution is -2.42. The van der Waals surface area contributed by atoms with Gasteiger partial charge in [-0.1, -0.05) is 0 Å². The first-order chi connectivity index (χ1) is 5.72. The van der Waals surface area contributed by atoms with Gasteiger partial charge in [-0.3, -0.25) is 0 Å². The van der Waals surface area contributed by atoms with Crippen LogP contribution in [-0.4, -0.2) is 32.0 Å². The van der Waals surface area contributed by atoms with Crippen molar-refractivity contribution in [3.8, 4) is 0 Å². The maximum atomic E-state index is 5.54. The Hall–Kier alpha value is -0.120. The van der Waals surface area contributed by atoms with E-state index in [0.29, 0.717) is 12.6 Å². The van der Waals surface area contributed by atoms with Gasteiger partial charge in [0, 0.05) is 20.1 Å². The molecule has 1 heterocycles. The lowest BCUT2D eigenvalue weighted by molar-refractivity contribution is -0.119.